The second kappa shape index (κ2) is 6.99. The topological polar surface area (TPSA) is 54.5 Å². The molecule has 1 aromatic heterocycles. The fourth-order valence-corrected chi connectivity index (χ4v) is 5.81. The molecular weight excluding hydrogens is 382 g/mol. The number of anilines is 2. The first-order chi connectivity index (χ1) is 13.2. The van der Waals surface area contributed by atoms with Crippen LogP contribution in [0.5, 0.6) is 5.75 Å². The minimum absolute atomic E-state index is 0.551. The summed E-state index contributed by atoms with van der Waals surface area (Å²) in [7, 11) is -0.967. The number of rotatable bonds is 2. The molecule has 7 heteroatoms. The molecule has 1 N–H and O–H groups in total. The summed E-state index contributed by atoms with van der Waals surface area (Å²) in [5.41, 5.74) is 3.24. The average molecular weight is 404 g/mol. The second-order valence-electron chi connectivity index (χ2n) is 7.30. The Kier molecular flexibility index (Phi) is 4.48. The van der Waals surface area contributed by atoms with Gasteiger partial charge in [0.05, 0.1) is 27.1 Å². The zero-order valence-corrected chi connectivity index (χ0v) is 16.6. The normalized spacial score (nSPS) is 22.0. The number of aromatic nitrogens is 1. The highest BCUT2D eigenvalue weighted by atomic mass is 35.5. The largest absolute Gasteiger partial charge is 0.486 e. The third-order valence-electron chi connectivity index (χ3n) is 5.70. The Morgan fingerprint density at radius 3 is 2.78 bits per heavy atom. The van der Waals surface area contributed by atoms with E-state index in [9.17, 15) is 4.21 Å². The summed E-state index contributed by atoms with van der Waals surface area (Å²) in [6, 6.07) is 8.23. The SMILES string of the molecule is O=[S@@]1CCc2nc(N3CCC(c4ccc(Cl)cc4)CC3)c3c(c21)NCCO3. The maximum atomic E-state index is 12.4. The minimum atomic E-state index is -0.967. The molecule has 4 heterocycles. The number of halogens is 1. The molecule has 5 rings (SSSR count). The van der Waals surface area contributed by atoms with Crippen LogP contribution in [0.3, 0.4) is 0 Å². The van der Waals surface area contributed by atoms with Crippen molar-refractivity contribution < 1.29 is 8.95 Å². The van der Waals surface area contributed by atoms with Crippen LogP contribution >= 0.6 is 11.6 Å². The highest BCUT2D eigenvalue weighted by Gasteiger charge is 2.33. The lowest BCUT2D eigenvalue weighted by Gasteiger charge is -2.35. The van der Waals surface area contributed by atoms with Crippen LogP contribution in [0, 0.1) is 0 Å². The van der Waals surface area contributed by atoms with E-state index in [-0.39, 0.29) is 0 Å². The van der Waals surface area contributed by atoms with Gasteiger partial charge in [-0.05, 0) is 36.5 Å². The van der Waals surface area contributed by atoms with Crippen LogP contribution in [-0.2, 0) is 17.2 Å². The Morgan fingerprint density at radius 1 is 1.22 bits per heavy atom. The predicted octanol–water partition coefficient (Wildman–Crippen LogP) is 3.59. The van der Waals surface area contributed by atoms with Gasteiger partial charge in [0.25, 0.3) is 0 Å². The molecule has 0 amide bonds. The molecule has 0 spiro atoms. The number of hydrogen-bond acceptors (Lipinski definition) is 5. The summed E-state index contributed by atoms with van der Waals surface area (Å²) < 4.78 is 18.4. The van der Waals surface area contributed by atoms with Gasteiger partial charge in [-0.3, -0.25) is 4.21 Å². The summed E-state index contributed by atoms with van der Waals surface area (Å²) in [5, 5.41) is 4.20. The number of nitrogens with one attached hydrogen (secondary N) is 1. The zero-order valence-electron chi connectivity index (χ0n) is 15.0. The molecule has 1 atom stereocenters. The van der Waals surface area contributed by atoms with Crippen LogP contribution in [0.1, 0.15) is 30.0 Å². The zero-order chi connectivity index (χ0) is 18.4. The first-order valence-corrected chi connectivity index (χ1v) is 11.2. The number of fused-ring (bicyclic) bond motifs is 3. The molecule has 27 heavy (non-hydrogen) atoms. The molecule has 0 radical (unpaired) electrons. The molecule has 142 valence electrons. The summed E-state index contributed by atoms with van der Waals surface area (Å²) in [6.45, 7) is 3.25. The van der Waals surface area contributed by atoms with Crippen molar-refractivity contribution in [3.8, 4) is 5.75 Å². The van der Waals surface area contributed by atoms with Gasteiger partial charge in [0.1, 0.15) is 6.61 Å². The van der Waals surface area contributed by atoms with Crippen molar-refractivity contribution in [1.82, 2.24) is 4.98 Å². The monoisotopic (exact) mass is 403 g/mol. The third-order valence-corrected chi connectivity index (χ3v) is 7.42. The molecule has 0 saturated carbocycles. The van der Waals surface area contributed by atoms with Gasteiger partial charge in [0, 0.05) is 36.8 Å². The first kappa shape index (κ1) is 17.3. The average Bonchev–Trinajstić information content (AvgIpc) is 3.09. The lowest BCUT2D eigenvalue weighted by atomic mass is 9.89. The van der Waals surface area contributed by atoms with Crippen molar-refractivity contribution in [2.45, 2.75) is 30.1 Å². The molecule has 2 aromatic rings. The molecule has 1 fully saturated rings. The van der Waals surface area contributed by atoms with Crippen LogP contribution in [-0.4, -0.2) is 41.2 Å². The third kappa shape index (κ3) is 3.09. The molecule has 3 aliphatic heterocycles. The van der Waals surface area contributed by atoms with Gasteiger partial charge in [0.15, 0.2) is 11.6 Å². The van der Waals surface area contributed by atoms with Crippen molar-refractivity contribution in [2.24, 2.45) is 0 Å². The number of piperidine rings is 1. The predicted molar refractivity (Wildman–Crippen MR) is 109 cm³/mol. The van der Waals surface area contributed by atoms with E-state index in [4.69, 9.17) is 21.3 Å². The van der Waals surface area contributed by atoms with Crippen molar-refractivity contribution in [1.29, 1.82) is 0 Å². The van der Waals surface area contributed by atoms with Crippen LogP contribution in [0.2, 0.25) is 5.02 Å². The minimum Gasteiger partial charge on any atom is -0.486 e. The van der Waals surface area contributed by atoms with Crippen LogP contribution in [0.15, 0.2) is 29.2 Å². The molecular formula is C20H22ClN3O2S. The highest BCUT2D eigenvalue weighted by Crippen LogP contribution is 2.45. The smallest absolute Gasteiger partial charge is 0.186 e. The van der Waals surface area contributed by atoms with Crippen molar-refractivity contribution in [2.75, 3.05) is 42.2 Å². The van der Waals surface area contributed by atoms with Gasteiger partial charge in [0.2, 0.25) is 0 Å². The van der Waals surface area contributed by atoms with Crippen molar-refractivity contribution >= 4 is 33.9 Å². The number of pyridine rings is 1. The van der Waals surface area contributed by atoms with E-state index in [1.165, 1.54) is 5.56 Å². The fourth-order valence-electron chi connectivity index (χ4n) is 4.29. The molecule has 0 aliphatic carbocycles. The molecule has 0 bridgehead atoms. The molecule has 3 aliphatic rings. The van der Waals surface area contributed by atoms with Crippen molar-refractivity contribution in [3.63, 3.8) is 0 Å². The molecule has 1 saturated heterocycles. The quantitative estimate of drug-likeness (QED) is 0.830. The van der Waals surface area contributed by atoms with Gasteiger partial charge in [-0.25, -0.2) is 4.98 Å². The lowest BCUT2D eigenvalue weighted by Crippen LogP contribution is -2.35. The van der Waals surface area contributed by atoms with E-state index in [0.29, 0.717) is 18.3 Å². The van der Waals surface area contributed by atoms with Crippen LogP contribution in [0.25, 0.3) is 0 Å². The van der Waals surface area contributed by atoms with Gasteiger partial charge < -0.3 is 15.0 Å². The first-order valence-electron chi connectivity index (χ1n) is 9.53. The number of benzene rings is 1. The summed E-state index contributed by atoms with van der Waals surface area (Å²) >= 11 is 6.02. The number of aryl methyl sites for hydroxylation is 1. The Balaban J connectivity index is 1.41. The van der Waals surface area contributed by atoms with Crippen LogP contribution < -0.4 is 15.0 Å². The maximum absolute atomic E-state index is 12.4. The van der Waals surface area contributed by atoms with E-state index in [0.717, 1.165) is 71.8 Å². The second-order valence-corrected chi connectivity index (χ2v) is 9.25. The number of nitrogens with zero attached hydrogens (tertiary/aromatic N) is 2. The van der Waals surface area contributed by atoms with E-state index in [1.807, 2.05) is 12.1 Å². The summed E-state index contributed by atoms with van der Waals surface area (Å²) in [6.07, 6.45) is 2.94. The Morgan fingerprint density at radius 2 is 2.00 bits per heavy atom. The van der Waals surface area contributed by atoms with Crippen molar-refractivity contribution in [3.05, 3.63) is 40.5 Å². The standard InChI is InChI=1S/C20H22ClN3O2S/c21-15-3-1-13(2-4-15)14-5-9-24(10-6-14)20-18-17(22-8-11-26-18)19-16(23-20)7-12-27(19)25/h1-4,14,22H,5-12H2/t27-/m1/s1. The van der Waals surface area contributed by atoms with Gasteiger partial charge in [-0.15, -0.1) is 0 Å². The lowest BCUT2D eigenvalue weighted by molar-refractivity contribution is 0.319. The summed E-state index contributed by atoms with van der Waals surface area (Å²) in [4.78, 5) is 8.10. The number of hydrogen-bond donors (Lipinski definition) is 1. The molecule has 5 nitrogen and oxygen atoms in total. The fraction of sp³-hybridized carbons (Fsp3) is 0.450. The Labute approximate surface area is 166 Å². The Hall–Kier alpha value is -1.79. The van der Waals surface area contributed by atoms with E-state index >= 15 is 0 Å². The molecule has 1 aromatic carbocycles. The molecule has 0 unspecified atom stereocenters. The maximum Gasteiger partial charge on any atom is 0.186 e. The van der Waals surface area contributed by atoms with E-state index in [2.05, 4.69) is 22.3 Å². The van der Waals surface area contributed by atoms with Crippen LogP contribution in [0.4, 0.5) is 11.5 Å². The van der Waals surface area contributed by atoms with Gasteiger partial charge >= 0.3 is 0 Å². The highest BCUT2D eigenvalue weighted by molar-refractivity contribution is 7.85. The van der Waals surface area contributed by atoms with Gasteiger partial charge in [-0.1, -0.05) is 23.7 Å². The summed E-state index contributed by atoms with van der Waals surface area (Å²) in [5.74, 6) is 2.93. The van der Waals surface area contributed by atoms with Gasteiger partial charge in [-0.2, -0.15) is 0 Å². The van der Waals surface area contributed by atoms with E-state index in [1.54, 1.807) is 0 Å². The Bertz CT molecular complexity index is 895. The number of ether oxygens (including phenoxy) is 1. The van der Waals surface area contributed by atoms with E-state index < -0.39 is 10.8 Å².